The Hall–Kier alpha value is -2.31. The van der Waals surface area contributed by atoms with E-state index < -0.39 is 11.9 Å². The molecule has 0 saturated heterocycles. The standard InChI is InChI=1S/C17H24N2O5/c20-15(9-4-10-18-16(21)14-8-5-11-24-14)19-13-7-3-1-2-6-12(13)17(22)23/h5,8,11-13H,1-4,6-7,9-10H2,(H,18,21)(H,19,20)(H,22,23)/t12-,13+/m0/s1. The van der Waals surface area contributed by atoms with Crippen molar-refractivity contribution in [3.8, 4) is 0 Å². The van der Waals surface area contributed by atoms with Crippen LogP contribution in [0.4, 0.5) is 0 Å². The lowest BCUT2D eigenvalue weighted by molar-refractivity contribution is -0.143. The molecule has 1 aromatic heterocycles. The van der Waals surface area contributed by atoms with Crippen LogP contribution in [-0.4, -0.2) is 35.5 Å². The molecule has 132 valence electrons. The van der Waals surface area contributed by atoms with E-state index in [0.29, 0.717) is 25.8 Å². The largest absolute Gasteiger partial charge is 0.481 e. The van der Waals surface area contributed by atoms with Crippen LogP contribution >= 0.6 is 0 Å². The minimum atomic E-state index is -0.840. The van der Waals surface area contributed by atoms with Crippen molar-refractivity contribution in [3.05, 3.63) is 24.2 Å². The number of carboxylic acids is 1. The maximum absolute atomic E-state index is 12.0. The van der Waals surface area contributed by atoms with E-state index in [-0.39, 0.29) is 30.0 Å². The van der Waals surface area contributed by atoms with Crippen molar-refractivity contribution in [2.45, 2.75) is 51.0 Å². The minimum Gasteiger partial charge on any atom is -0.481 e. The zero-order valence-electron chi connectivity index (χ0n) is 13.6. The number of aliphatic carboxylic acids is 1. The van der Waals surface area contributed by atoms with E-state index in [1.165, 1.54) is 6.26 Å². The Kier molecular flexibility index (Phi) is 6.84. The maximum atomic E-state index is 12.0. The van der Waals surface area contributed by atoms with Crippen molar-refractivity contribution in [2.24, 2.45) is 5.92 Å². The fraction of sp³-hybridized carbons (Fsp3) is 0.588. The van der Waals surface area contributed by atoms with E-state index in [4.69, 9.17) is 4.42 Å². The molecule has 0 unspecified atom stereocenters. The first-order valence-corrected chi connectivity index (χ1v) is 8.42. The second-order valence-corrected chi connectivity index (χ2v) is 6.09. The van der Waals surface area contributed by atoms with Gasteiger partial charge < -0.3 is 20.2 Å². The van der Waals surface area contributed by atoms with Crippen molar-refractivity contribution in [1.82, 2.24) is 10.6 Å². The first-order valence-electron chi connectivity index (χ1n) is 8.42. The van der Waals surface area contributed by atoms with Gasteiger partial charge in [0.15, 0.2) is 5.76 Å². The van der Waals surface area contributed by atoms with Crippen LogP contribution in [0.1, 0.15) is 55.5 Å². The highest BCUT2D eigenvalue weighted by molar-refractivity contribution is 5.91. The van der Waals surface area contributed by atoms with Gasteiger partial charge in [-0.3, -0.25) is 14.4 Å². The quantitative estimate of drug-likeness (QED) is 0.521. The fourth-order valence-electron chi connectivity index (χ4n) is 3.00. The molecule has 0 spiro atoms. The van der Waals surface area contributed by atoms with E-state index in [1.54, 1.807) is 12.1 Å². The number of rotatable bonds is 7. The van der Waals surface area contributed by atoms with Crippen LogP contribution in [0.3, 0.4) is 0 Å². The van der Waals surface area contributed by atoms with Crippen molar-refractivity contribution in [3.63, 3.8) is 0 Å². The third kappa shape index (κ3) is 5.40. The number of nitrogens with one attached hydrogen (secondary N) is 2. The molecular weight excluding hydrogens is 312 g/mol. The Bertz CT molecular complexity index is 555. The summed E-state index contributed by atoms with van der Waals surface area (Å²) in [5, 5.41) is 14.8. The molecule has 1 aromatic rings. The average Bonchev–Trinajstić information content (AvgIpc) is 2.98. The number of carbonyl (C=O) groups is 3. The molecule has 7 heteroatoms. The van der Waals surface area contributed by atoms with E-state index in [1.807, 2.05) is 0 Å². The summed E-state index contributed by atoms with van der Waals surface area (Å²) in [6, 6.07) is 2.91. The van der Waals surface area contributed by atoms with E-state index in [0.717, 1.165) is 19.3 Å². The summed E-state index contributed by atoms with van der Waals surface area (Å²) in [6.45, 7) is 0.361. The molecule has 7 nitrogen and oxygen atoms in total. The number of amides is 2. The topological polar surface area (TPSA) is 109 Å². The second kappa shape index (κ2) is 9.10. The van der Waals surface area contributed by atoms with Crippen LogP contribution in [0.5, 0.6) is 0 Å². The molecule has 0 aromatic carbocycles. The summed E-state index contributed by atoms with van der Waals surface area (Å²) >= 11 is 0. The molecule has 24 heavy (non-hydrogen) atoms. The van der Waals surface area contributed by atoms with Gasteiger partial charge in [-0.25, -0.2) is 0 Å². The van der Waals surface area contributed by atoms with Gasteiger partial charge in [-0.2, -0.15) is 0 Å². The summed E-state index contributed by atoms with van der Waals surface area (Å²) in [5.41, 5.74) is 0. The van der Waals surface area contributed by atoms with Gasteiger partial charge in [-0.15, -0.1) is 0 Å². The van der Waals surface area contributed by atoms with Gasteiger partial charge >= 0.3 is 5.97 Å². The Morgan fingerprint density at radius 3 is 2.71 bits per heavy atom. The highest BCUT2D eigenvalue weighted by atomic mass is 16.4. The predicted molar refractivity (Wildman–Crippen MR) is 86.4 cm³/mol. The number of furan rings is 1. The molecule has 1 aliphatic carbocycles. The smallest absolute Gasteiger partial charge is 0.308 e. The molecule has 0 radical (unpaired) electrons. The third-order valence-electron chi connectivity index (χ3n) is 4.29. The zero-order chi connectivity index (χ0) is 17.4. The van der Waals surface area contributed by atoms with Crippen LogP contribution < -0.4 is 10.6 Å². The molecule has 1 heterocycles. The molecule has 1 saturated carbocycles. The molecule has 2 rings (SSSR count). The molecule has 0 bridgehead atoms. The van der Waals surface area contributed by atoms with Gasteiger partial charge in [0.2, 0.25) is 5.91 Å². The summed E-state index contributed by atoms with van der Waals surface area (Å²) < 4.78 is 4.97. The monoisotopic (exact) mass is 336 g/mol. The zero-order valence-corrected chi connectivity index (χ0v) is 13.6. The van der Waals surface area contributed by atoms with Gasteiger partial charge in [0.1, 0.15) is 0 Å². The van der Waals surface area contributed by atoms with Gasteiger partial charge in [-0.05, 0) is 31.4 Å². The summed E-state index contributed by atoms with van der Waals surface area (Å²) in [7, 11) is 0. The molecule has 2 amide bonds. The molecule has 2 atom stereocenters. The molecule has 3 N–H and O–H groups in total. The number of hydrogen-bond acceptors (Lipinski definition) is 4. The Morgan fingerprint density at radius 1 is 1.21 bits per heavy atom. The first-order chi connectivity index (χ1) is 11.6. The Morgan fingerprint density at radius 2 is 2.00 bits per heavy atom. The second-order valence-electron chi connectivity index (χ2n) is 6.09. The molecule has 1 aliphatic rings. The van der Waals surface area contributed by atoms with Gasteiger partial charge in [0, 0.05) is 19.0 Å². The van der Waals surface area contributed by atoms with E-state index in [9.17, 15) is 19.5 Å². The lowest BCUT2D eigenvalue weighted by Crippen LogP contribution is -2.43. The van der Waals surface area contributed by atoms with Crippen LogP contribution in [0.25, 0.3) is 0 Å². The fourth-order valence-corrected chi connectivity index (χ4v) is 3.00. The van der Waals surface area contributed by atoms with E-state index >= 15 is 0 Å². The van der Waals surface area contributed by atoms with Gasteiger partial charge in [0.25, 0.3) is 5.91 Å². The first kappa shape index (κ1) is 18.0. The lowest BCUT2D eigenvalue weighted by Gasteiger charge is -2.22. The van der Waals surface area contributed by atoms with Crippen molar-refractivity contribution >= 4 is 17.8 Å². The minimum absolute atomic E-state index is 0.166. The highest BCUT2D eigenvalue weighted by Crippen LogP contribution is 2.23. The van der Waals surface area contributed by atoms with Gasteiger partial charge in [-0.1, -0.05) is 19.3 Å². The lowest BCUT2D eigenvalue weighted by atomic mass is 9.94. The molecule has 0 aliphatic heterocycles. The summed E-state index contributed by atoms with van der Waals surface area (Å²) in [4.78, 5) is 35.0. The molecule has 1 fully saturated rings. The number of hydrogen-bond donors (Lipinski definition) is 3. The van der Waals surface area contributed by atoms with Crippen molar-refractivity contribution in [1.29, 1.82) is 0 Å². The Balaban J connectivity index is 1.70. The third-order valence-corrected chi connectivity index (χ3v) is 4.29. The molecular formula is C17H24N2O5. The number of carbonyl (C=O) groups excluding carboxylic acids is 2. The Labute approximate surface area is 140 Å². The number of carboxylic acid groups (broad SMARTS) is 1. The van der Waals surface area contributed by atoms with Crippen LogP contribution in [0.2, 0.25) is 0 Å². The van der Waals surface area contributed by atoms with Gasteiger partial charge in [0.05, 0.1) is 12.2 Å². The predicted octanol–water partition coefficient (Wildman–Crippen LogP) is 1.94. The van der Waals surface area contributed by atoms with E-state index in [2.05, 4.69) is 10.6 Å². The van der Waals surface area contributed by atoms with Crippen molar-refractivity contribution < 1.29 is 23.9 Å². The van der Waals surface area contributed by atoms with Crippen LogP contribution in [0.15, 0.2) is 22.8 Å². The average molecular weight is 336 g/mol. The van der Waals surface area contributed by atoms with Crippen LogP contribution in [0, 0.1) is 5.92 Å². The summed E-state index contributed by atoms with van der Waals surface area (Å²) in [6.07, 6.45) is 6.32. The highest BCUT2D eigenvalue weighted by Gasteiger charge is 2.30. The normalized spacial score (nSPS) is 20.8. The van der Waals surface area contributed by atoms with Crippen LogP contribution in [-0.2, 0) is 9.59 Å². The SMILES string of the molecule is O=C(CCCNC(=O)c1ccco1)N[C@@H]1CCCCC[C@@H]1C(=O)O. The maximum Gasteiger partial charge on any atom is 0.308 e. The summed E-state index contributed by atoms with van der Waals surface area (Å²) in [5.74, 6) is -1.58. The van der Waals surface area contributed by atoms with Crippen molar-refractivity contribution in [2.75, 3.05) is 6.54 Å².